The van der Waals surface area contributed by atoms with Gasteiger partial charge in [-0.2, -0.15) is 0 Å². The third-order valence-corrected chi connectivity index (χ3v) is 3.15. The maximum Gasteiger partial charge on any atom is 0.126 e. The predicted octanol–water partition coefficient (Wildman–Crippen LogP) is 4.19. The summed E-state index contributed by atoms with van der Waals surface area (Å²) in [5, 5.41) is 0. The Balaban J connectivity index is 2.17. The molecule has 2 aromatic heterocycles. The van der Waals surface area contributed by atoms with Crippen LogP contribution in [0, 0.1) is 12.7 Å². The molecule has 0 atom stereocenters. The summed E-state index contributed by atoms with van der Waals surface area (Å²) < 4.78 is 13.4. The molecule has 0 saturated carbocycles. The van der Waals surface area contributed by atoms with Gasteiger partial charge in [-0.05, 0) is 42.8 Å². The van der Waals surface area contributed by atoms with E-state index in [4.69, 9.17) is 0 Å². The van der Waals surface area contributed by atoms with Crippen LogP contribution in [0.2, 0.25) is 0 Å². The molecule has 0 fully saturated rings. The molecule has 0 bridgehead atoms. The molecule has 2 nitrogen and oxygen atoms in total. The number of hydrogen-bond donors (Lipinski definition) is 1. The fourth-order valence-corrected chi connectivity index (χ4v) is 2.15. The number of pyridine rings is 1. The van der Waals surface area contributed by atoms with E-state index in [0.29, 0.717) is 5.56 Å². The number of aryl methyl sites for hydroxylation is 1. The van der Waals surface area contributed by atoms with Gasteiger partial charge in [-0.3, -0.25) is 4.98 Å². The molecule has 0 aliphatic carbocycles. The van der Waals surface area contributed by atoms with Gasteiger partial charge < -0.3 is 4.98 Å². The summed E-state index contributed by atoms with van der Waals surface area (Å²) in [6, 6.07) is 11.0. The van der Waals surface area contributed by atoms with Gasteiger partial charge in [-0.1, -0.05) is 6.07 Å². The second-order valence-electron chi connectivity index (χ2n) is 4.46. The predicted molar refractivity (Wildman–Crippen MR) is 74.2 cm³/mol. The Morgan fingerprint density at radius 3 is 2.74 bits per heavy atom. The van der Waals surface area contributed by atoms with Gasteiger partial charge in [-0.25, -0.2) is 4.39 Å². The van der Waals surface area contributed by atoms with Crippen molar-refractivity contribution in [2.24, 2.45) is 0 Å². The van der Waals surface area contributed by atoms with Crippen LogP contribution in [-0.2, 0) is 0 Å². The van der Waals surface area contributed by atoms with Crippen molar-refractivity contribution in [1.82, 2.24) is 9.97 Å². The Bertz CT molecular complexity index is 703. The molecule has 0 aliphatic rings. The van der Waals surface area contributed by atoms with E-state index in [1.165, 1.54) is 6.07 Å². The lowest BCUT2D eigenvalue weighted by Gasteiger charge is -2.08. The Morgan fingerprint density at radius 2 is 2.00 bits per heavy atom. The SMILES string of the molecule is Cc1cc(-c2ncccc2-c2cc[nH]c2)ccc1F. The van der Waals surface area contributed by atoms with E-state index in [2.05, 4.69) is 9.97 Å². The molecule has 3 aromatic rings. The van der Waals surface area contributed by atoms with E-state index in [1.807, 2.05) is 36.7 Å². The van der Waals surface area contributed by atoms with E-state index in [9.17, 15) is 4.39 Å². The normalized spacial score (nSPS) is 10.6. The molecule has 0 amide bonds. The Kier molecular flexibility index (Phi) is 2.88. The van der Waals surface area contributed by atoms with Gasteiger partial charge in [0.15, 0.2) is 0 Å². The lowest BCUT2D eigenvalue weighted by Crippen LogP contribution is -1.90. The van der Waals surface area contributed by atoms with E-state index >= 15 is 0 Å². The second-order valence-corrected chi connectivity index (χ2v) is 4.46. The average Bonchev–Trinajstić information content (AvgIpc) is 2.96. The first-order chi connectivity index (χ1) is 9.25. The largest absolute Gasteiger partial charge is 0.367 e. The quantitative estimate of drug-likeness (QED) is 0.727. The van der Waals surface area contributed by atoms with Crippen molar-refractivity contribution in [1.29, 1.82) is 0 Å². The Morgan fingerprint density at radius 1 is 1.11 bits per heavy atom. The van der Waals surface area contributed by atoms with Crippen LogP contribution in [0.5, 0.6) is 0 Å². The number of H-pyrrole nitrogens is 1. The molecular formula is C16H13FN2. The number of nitrogens with zero attached hydrogens (tertiary/aromatic N) is 1. The first kappa shape index (κ1) is 11.7. The van der Waals surface area contributed by atoms with Gasteiger partial charge in [-0.15, -0.1) is 0 Å². The van der Waals surface area contributed by atoms with Crippen molar-refractivity contribution in [2.45, 2.75) is 6.92 Å². The van der Waals surface area contributed by atoms with Gasteiger partial charge in [0.2, 0.25) is 0 Å². The second kappa shape index (κ2) is 4.69. The van der Waals surface area contributed by atoms with Crippen LogP contribution in [0.4, 0.5) is 4.39 Å². The lowest BCUT2D eigenvalue weighted by atomic mass is 10.0. The van der Waals surface area contributed by atoms with Crippen LogP contribution in [0.1, 0.15) is 5.56 Å². The van der Waals surface area contributed by atoms with E-state index < -0.39 is 0 Å². The van der Waals surface area contributed by atoms with Crippen LogP contribution in [0.25, 0.3) is 22.4 Å². The smallest absolute Gasteiger partial charge is 0.126 e. The first-order valence-corrected chi connectivity index (χ1v) is 6.10. The van der Waals surface area contributed by atoms with Gasteiger partial charge in [0, 0.05) is 35.3 Å². The lowest BCUT2D eigenvalue weighted by molar-refractivity contribution is 0.619. The van der Waals surface area contributed by atoms with Crippen LogP contribution in [-0.4, -0.2) is 9.97 Å². The summed E-state index contributed by atoms with van der Waals surface area (Å²) in [6.45, 7) is 1.76. The minimum absolute atomic E-state index is 0.192. The summed E-state index contributed by atoms with van der Waals surface area (Å²) in [5.41, 5.74) is 4.53. The zero-order chi connectivity index (χ0) is 13.2. The molecule has 3 heteroatoms. The standard InChI is InChI=1S/C16H13FN2/c1-11-9-12(4-5-15(11)17)16-14(3-2-7-19-16)13-6-8-18-10-13/h2-10,18H,1H3. The summed E-state index contributed by atoms with van der Waals surface area (Å²) in [7, 11) is 0. The van der Waals surface area contributed by atoms with E-state index in [-0.39, 0.29) is 5.82 Å². The zero-order valence-electron chi connectivity index (χ0n) is 10.5. The number of aromatic nitrogens is 2. The van der Waals surface area contributed by atoms with Crippen molar-refractivity contribution in [3.05, 3.63) is 66.4 Å². The molecule has 19 heavy (non-hydrogen) atoms. The molecule has 0 radical (unpaired) electrons. The molecule has 3 rings (SSSR count). The number of aromatic amines is 1. The Labute approximate surface area is 111 Å². The minimum Gasteiger partial charge on any atom is -0.367 e. The number of benzene rings is 1. The van der Waals surface area contributed by atoms with Gasteiger partial charge in [0.1, 0.15) is 5.82 Å². The fourth-order valence-electron chi connectivity index (χ4n) is 2.15. The molecular weight excluding hydrogens is 239 g/mol. The highest BCUT2D eigenvalue weighted by Gasteiger charge is 2.09. The molecule has 0 saturated heterocycles. The zero-order valence-corrected chi connectivity index (χ0v) is 10.5. The fraction of sp³-hybridized carbons (Fsp3) is 0.0625. The van der Waals surface area contributed by atoms with Crippen molar-refractivity contribution in [3.63, 3.8) is 0 Å². The number of hydrogen-bond acceptors (Lipinski definition) is 1. The van der Waals surface area contributed by atoms with Crippen LogP contribution in [0.3, 0.4) is 0 Å². The first-order valence-electron chi connectivity index (χ1n) is 6.10. The minimum atomic E-state index is -0.192. The summed E-state index contributed by atoms with van der Waals surface area (Å²) in [4.78, 5) is 7.48. The molecule has 0 aliphatic heterocycles. The third-order valence-electron chi connectivity index (χ3n) is 3.15. The number of halogens is 1. The topological polar surface area (TPSA) is 28.7 Å². The van der Waals surface area contributed by atoms with Crippen molar-refractivity contribution in [3.8, 4) is 22.4 Å². The summed E-state index contributed by atoms with van der Waals surface area (Å²) in [5.74, 6) is -0.192. The van der Waals surface area contributed by atoms with E-state index in [1.54, 1.807) is 19.2 Å². The van der Waals surface area contributed by atoms with Crippen molar-refractivity contribution in [2.75, 3.05) is 0 Å². The van der Waals surface area contributed by atoms with Gasteiger partial charge >= 0.3 is 0 Å². The van der Waals surface area contributed by atoms with Crippen LogP contribution < -0.4 is 0 Å². The summed E-state index contributed by atoms with van der Waals surface area (Å²) >= 11 is 0. The molecule has 94 valence electrons. The van der Waals surface area contributed by atoms with Crippen LogP contribution >= 0.6 is 0 Å². The third kappa shape index (κ3) is 2.15. The monoisotopic (exact) mass is 252 g/mol. The summed E-state index contributed by atoms with van der Waals surface area (Å²) in [6.07, 6.45) is 5.56. The molecule has 1 aromatic carbocycles. The van der Waals surface area contributed by atoms with E-state index in [0.717, 1.165) is 22.4 Å². The number of nitrogens with one attached hydrogen (secondary N) is 1. The average molecular weight is 252 g/mol. The maximum absolute atomic E-state index is 13.4. The van der Waals surface area contributed by atoms with Gasteiger partial charge in [0.25, 0.3) is 0 Å². The van der Waals surface area contributed by atoms with Gasteiger partial charge in [0.05, 0.1) is 5.69 Å². The van der Waals surface area contributed by atoms with Crippen molar-refractivity contribution >= 4 is 0 Å². The Hall–Kier alpha value is -2.42. The highest BCUT2D eigenvalue weighted by Crippen LogP contribution is 2.30. The molecule has 2 heterocycles. The molecule has 1 N–H and O–H groups in total. The van der Waals surface area contributed by atoms with Crippen molar-refractivity contribution < 1.29 is 4.39 Å². The highest BCUT2D eigenvalue weighted by molar-refractivity contribution is 5.80. The molecule has 0 unspecified atom stereocenters. The number of rotatable bonds is 2. The maximum atomic E-state index is 13.4. The molecule has 0 spiro atoms. The highest BCUT2D eigenvalue weighted by atomic mass is 19.1. The van der Waals surface area contributed by atoms with Crippen LogP contribution in [0.15, 0.2) is 55.0 Å².